The monoisotopic (exact) mass is 497 g/mol. The van der Waals surface area contributed by atoms with Crippen molar-refractivity contribution in [2.75, 3.05) is 10.0 Å². The molecule has 0 aliphatic carbocycles. The second-order valence-corrected chi connectivity index (χ2v) is 9.89. The van der Waals surface area contributed by atoms with Gasteiger partial charge in [0.25, 0.3) is 26.2 Å². The maximum Gasteiger partial charge on any atom is 0.291 e. The van der Waals surface area contributed by atoms with E-state index in [2.05, 4.69) is 25.6 Å². The molecule has 174 valence electrons. The van der Waals surface area contributed by atoms with Gasteiger partial charge in [0.05, 0.1) is 24.1 Å². The van der Waals surface area contributed by atoms with Crippen LogP contribution in [0.3, 0.4) is 0 Å². The van der Waals surface area contributed by atoms with Gasteiger partial charge in [-0.1, -0.05) is 41.7 Å². The Morgan fingerprint density at radius 2 is 1.68 bits per heavy atom. The van der Waals surface area contributed by atoms with Gasteiger partial charge in [-0.05, 0) is 42.8 Å². The van der Waals surface area contributed by atoms with Crippen molar-refractivity contribution in [1.82, 2.24) is 15.5 Å². The molecule has 3 N–H and O–H groups in total. The number of carbonyl (C=O) groups is 2. The van der Waals surface area contributed by atoms with Crippen molar-refractivity contribution in [2.45, 2.75) is 17.8 Å². The Bertz CT molecular complexity index is 1430. The van der Waals surface area contributed by atoms with Crippen molar-refractivity contribution in [3.63, 3.8) is 0 Å². The predicted octanol–water partition coefficient (Wildman–Crippen LogP) is 3.42. The Hall–Kier alpha value is -4.03. The maximum absolute atomic E-state index is 12.9. The van der Waals surface area contributed by atoms with E-state index in [1.54, 1.807) is 49.4 Å². The number of nitrogens with zero attached hydrogens (tertiary/aromatic N) is 2. The number of anilines is 2. The van der Waals surface area contributed by atoms with Crippen molar-refractivity contribution >= 4 is 44.0 Å². The Kier molecular flexibility index (Phi) is 6.70. The number of benzene rings is 2. The lowest BCUT2D eigenvalue weighted by atomic mass is 10.1. The van der Waals surface area contributed by atoms with Crippen molar-refractivity contribution in [3.05, 3.63) is 89.4 Å². The second kappa shape index (κ2) is 9.85. The lowest BCUT2D eigenvalue weighted by molar-refractivity contribution is 0.0948. The summed E-state index contributed by atoms with van der Waals surface area (Å²) in [6.07, 6.45) is 1.49. The summed E-state index contributed by atoms with van der Waals surface area (Å²) in [4.78, 5) is 25.1. The molecular formula is C22H19N5O5S2. The zero-order valence-electron chi connectivity index (χ0n) is 17.8. The fourth-order valence-electron chi connectivity index (χ4n) is 3.00. The first-order chi connectivity index (χ1) is 16.3. The molecule has 0 radical (unpaired) electrons. The van der Waals surface area contributed by atoms with Gasteiger partial charge in [-0.25, -0.2) is 0 Å². The summed E-state index contributed by atoms with van der Waals surface area (Å²) in [7, 11) is -4.17. The number of para-hydroxylation sites is 1. The van der Waals surface area contributed by atoms with Crippen molar-refractivity contribution in [1.29, 1.82) is 0 Å². The average Bonchev–Trinajstić information content (AvgIpc) is 3.50. The number of amides is 2. The molecular weight excluding hydrogens is 478 g/mol. The van der Waals surface area contributed by atoms with E-state index < -0.39 is 21.8 Å². The largest absolute Gasteiger partial charge is 0.467 e. The highest BCUT2D eigenvalue weighted by Crippen LogP contribution is 2.25. The molecule has 2 amide bonds. The van der Waals surface area contributed by atoms with E-state index in [4.69, 9.17) is 4.42 Å². The lowest BCUT2D eigenvalue weighted by Crippen LogP contribution is -2.24. The van der Waals surface area contributed by atoms with E-state index in [9.17, 15) is 18.0 Å². The molecule has 4 rings (SSSR count). The summed E-state index contributed by atoms with van der Waals surface area (Å²) in [6.45, 7) is 1.93. The molecule has 0 spiro atoms. The molecule has 0 atom stereocenters. The number of carbonyl (C=O) groups excluding carboxylic acids is 2. The number of hydrogen-bond donors (Lipinski definition) is 3. The Labute approximate surface area is 199 Å². The molecule has 0 saturated heterocycles. The summed E-state index contributed by atoms with van der Waals surface area (Å²) in [5.41, 5.74) is 1.39. The number of hydrogen-bond acceptors (Lipinski definition) is 8. The third kappa shape index (κ3) is 5.30. The van der Waals surface area contributed by atoms with Gasteiger partial charge in [0, 0.05) is 5.56 Å². The first-order valence-corrected chi connectivity index (χ1v) is 12.3. The number of furan rings is 1. The van der Waals surface area contributed by atoms with Crippen LogP contribution >= 0.6 is 11.3 Å². The molecule has 0 aliphatic rings. The summed E-state index contributed by atoms with van der Waals surface area (Å²) in [6, 6.07) is 16.5. The molecule has 0 unspecified atom stereocenters. The molecule has 0 aliphatic heterocycles. The van der Waals surface area contributed by atoms with Gasteiger partial charge in [-0.3, -0.25) is 19.6 Å². The molecule has 34 heavy (non-hydrogen) atoms. The highest BCUT2D eigenvalue weighted by atomic mass is 32.2. The summed E-state index contributed by atoms with van der Waals surface area (Å²) >= 11 is 0.693. The highest BCUT2D eigenvalue weighted by Gasteiger charge is 2.24. The number of aromatic nitrogens is 2. The fourth-order valence-corrected chi connectivity index (χ4v) is 4.97. The molecule has 2 aromatic carbocycles. The Morgan fingerprint density at radius 3 is 2.41 bits per heavy atom. The molecule has 2 heterocycles. The van der Waals surface area contributed by atoms with Crippen molar-refractivity contribution in [2.24, 2.45) is 0 Å². The van der Waals surface area contributed by atoms with Crippen LogP contribution in [0.4, 0.5) is 10.8 Å². The third-order valence-electron chi connectivity index (χ3n) is 4.67. The van der Waals surface area contributed by atoms with Gasteiger partial charge in [-0.2, -0.15) is 8.42 Å². The van der Waals surface area contributed by atoms with Crippen LogP contribution in [-0.4, -0.2) is 30.4 Å². The topological polar surface area (TPSA) is 143 Å². The van der Waals surface area contributed by atoms with Crippen molar-refractivity contribution < 1.29 is 22.4 Å². The number of rotatable bonds is 8. The van der Waals surface area contributed by atoms with E-state index in [0.29, 0.717) is 22.7 Å². The van der Waals surface area contributed by atoms with Gasteiger partial charge < -0.3 is 9.73 Å². The zero-order chi connectivity index (χ0) is 24.1. The molecule has 2 aromatic heterocycles. The van der Waals surface area contributed by atoms with Crippen LogP contribution in [0.15, 0.2) is 75.7 Å². The summed E-state index contributed by atoms with van der Waals surface area (Å²) < 4.78 is 33.0. The third-order valence-corrected chi connectivity index (χ3v) is 7.24. The van der Waals surface area contributed by atoms with Crippen LogP contribution < -0.4 is 15.4 Å². The van der Waals surface area contributed by atoms with Gasteiger partial charge in [0.1, 0.15) is 5.76 Å². The Morgan fingerprint density at radius 1 is 0.941 bits per heavy atom. The highest BCUT2D eigenvalue weighted by molar-refractivity contribution is 7.94. The van der Waals surface area contributed by atoms with E-state index in [1.165, 1.54) is 18.4 Å². The van der Waals surface area contributed by atoms with Gasteiger partial charge in [0.2, 0.25) is 5.13 Å². The number of nitrogens with one attached hydrogen (secondary N) is 3. The van der Waals surface area contributed by atoms with E-state index in [0.717, 1.165) is 5.56 Å². The van der Waals surface area contributed by atoms with Crippen LogP contribution in [0, 0.1) is 6.92 Å². The zero-order valence-corrected chi connectivity index (χ0v) is 19.4. The normalized spacial score (nSPS) is 11.1. The minimum atomic E-state index is -4.17. The van der Waals surface area contributed by atoms with E-state index in [1.807, 2.05) is 6.07 Å². The molecule has 0 saturated carbocycles. The summed E-state index contributed by atoms with van der Waals surface area (Å²) in [5.74, 6) is -0.358. The van der Waals surface area contributed by atoms with E-state index >= 15 is 0 Å². The van der Waals surface area contributed by atoms with Crippen molar-refractivity contribution in [3.8, 4) is 0 Å². The van der Waals surface area contributed by atoms with Crippen LogP contribution in [0.25, 0.3) is 0 Å². The average molecular weight is 498 g/mol. The minimum Gasteiger partial charge on any atom is -0.467 e. The standard InChI is InChI=1S/C22H19N5O5S2/c1-14-7-2-3-9-16(14)20(29)24-21-25-26-22(33-21)34(30,31)27-18-11-5-4-10-17(18)19(28)23-13-15-8-6-12-32-15/h2-12,27H,13H2,1H3,(H,23,28)(H,24,25,29). The fraction of sp³-hybridized carbons (Fsp3) is 0.0909. The summed E-state index contributed by atoms with van der Waals surface area (Å²) in [5, 5.41) is 12.7. The lowest BCUT2D eigenvalue weighted by Gasteiger charge is -2.11. The quantitative estimate of drug-likeness (QED) is 0.316. The van der Waals surface area contributed by atoms with Gasteiger partial charge >= 0.3 is 0 Å². The molecule has 12 heteroatoms. The smallest absolute Gasteiger partial charge is 0.291 e. The molecule has 0 fully saturated rings. The van der Waals surface area contributed by atoms with Crippen LogP contribution in [0.1, 0.15) is 32.0 Å². The van der Waals surface area contributed by atoms with Gasteiger partial charge in [-0.15, -0.1) is 10.2 Å². The second-order valence-electron chi connectivity index (χ2n) is 7.06. The molecule has 0 bridgehead atoms. The van der Waals surface area contributed by atoms with E-state index in [-0.39, 0.29) is 27.3 Å². The number of aryl methyl sites for hydroxylation is 1. The SMILES string of the molecule is Cc1ccccc1C(=O)Nc1nnc(S(=O)(=O)Nc2ccccc2C(=O)NCc2ccco2)s1. The van der Waals surface area contributed by atoms with Crippen LogP contribution in [0.5, 0.6) is 0 Å². The molecule has 4 aromatic rings. The maximum atomic E-state index is 12.9. The van der Waals surface area contributed by atoms with Crippen LogP contribution in [0.2, 0.25) is 0 Å². The predicted molar refractivity (Wildman–Crippen MR) is 126 cm³/mol. The number of sulfonamides is 1. The van der Waals surface area contributed by atoms with Gasteiger partial charge in [0.15, 0.2) is 0 Å². The molecule has 10 nitrogen and oxygen atoms in total. The first-order valence-electron chi connectivity index (χ1n) is 9.96. The Balaban J connectivity index is 1.48. The first kappa shape index (κ1) is 23.1. The minimum absolute atomic E-state index is 0.0260. The van der Waals surface area contributed by atoms with Crippen LogP contribution in [-0.2, 0) is 16.6 Å².